The minimum atomic E-state index is -0.326. The van der Waals surface area contributed by atoms with Crippen molar-refractivity contribution in [3.63, 3.8) is 0 Å². The molecule has 72 valence electrons. The first-order chi connectivity index (χ1) is 6.75. The van der Waals surface area contributed by atoms with Gasteiger partial charge in [0.25, 0.3) is 0 Å². The normalized spacial score (nSPS) is 10.4. The van der Waals surface area contributed by atoms with Crippen LogP contribution in [0.15, 0.2) is 18.2 Å². The van der Waals surface area contributed by atoms with Gasteiger partial charge in [0.05, 0.1) is 0 Å². The number of aromatic amines is 1. The van der Waals surface area contributed by atoms with Crippen LogP contribution in [0.4, 0.5) is 4.39 Å². The molecule has 0 aliphatic heterocycles. The molecular formula is C8H6ClFN4. The maximum Gasteiger partial charge on any atom is 0.178 e. The first-order valence-corrected chi connectivity index (χ1v) is 4.30. The number of H-pyrrole nitrogens is 1. The number of halogens is 2. The molecule has 2 aromatic rings. The van der Waals surface area contributed by atoms with E-state index < -0.39 is 0 Å². The SMILES string of the molecule is Fc1ccc(Cl)c(Cc2nn[nH]n2)c1. The average molecular weight is 213 g/mol. The van der Waals surface area contributed by atoms with Gasteiger partial charge in [0.1, 0.15) is 5.82 Å². The molecule has 1 aromatic carbocycles. The molecule has 0 amide bonds. The van der Waals surface area contributed by atoms with Gasteiger partial charge in [-0.05, 0) is 23.8 Å². The van der Waals surface area contributed by atoms with E-state index in [9.17, 15) is 4.39 Å². The van der Waals surface area contributed by atoms with Gasteiger partial charge in [-0.15, -0.1) is 10.2 Å². The molecule has 0 spiro atoms. The van der Waals surface area contributed by atoms with Gasteiger partial charge in [-0.2, -0.15) is 5.21 Å². The predicted octanol–water partition coefficient (Wildman–Crippen LogP) is 1.58. The van der Waals surface area contributed by atoms with E-state index in [-0.39, 0.29) is 5.82 Å². The summed E-state index contributed by atoms with van der Waals surface area (Å²) in [6.45, 7) is 0. The molecule has 1 heterocycles. The first-order valence-electron chi connectivity index (χ1n) is 3.92. The van der Waals surface area contributed by atoms with E-state index in [4.69, 9.17) is 11.6 Å². The standard InChI is InChI=1S/C8H6ClFN4/c9-7-2-1-6(10)3-5(7)4-8-11-13-14-12-8/h1-3H,4H2,(H,11,12,13,14). The molecule has 0 unspecified atom stereocenters. The zero-order valence-electron chi connectivity index (χ0n) is 7.04. The highest BCUT2D eigenvalue weighted by Crippen LogP contribution is 2.18. The fourth-order valence-corrected chi connectivity index (χ4v) is 1.29. The fraction of sp³-hybridized carbons (Fsp3) is 0.125. The lowest BCUT2D eigenvalue weighted by atomic mass is 10.1. The fourth-order valence-electron chi connectivity index (χ4n) is 1.11. The summed E-state index contributed by atoms with van der Waals surface area (Å²) in [6.07, 6.45) is 0.368. The second-order valence-corrected chi connectivity index (χ2v) is 3.15. The molecule has 14 heavy (non-hydrogen) atoms. The van der Waals surface area contributed by atoms with Crippen molar-refractivity contribution in [2.24, 2.45) is 0 Å². The maximum atomic E-state index is 12.9. The smallest absolute Gasteiger partial charge is 0.178 e. The molecular weight excluding hydrogens is 207 g/mol. The highest BCUT2D eigenvalue weighted by molar-refractivity contribution is 6.31. The lowest BCUT2D eigenvalue weighted by Gasteiger charge is -2.00. The largest absolute Gasteiger partial charge is 0.207 e. The van der Waals surface area contributed by atoms with Crippen molar-refractivity contribution < 1.29 is 4.39 Å². The number of hydrogen-bond donors (Lipinski definition) is 1. The Hall–Kier alpha value is -1.49. The Balaban J connectivity index is 2.28. The third-order valence-corrected chi connectivity index (χ3v) is 2.11. The van der Waals surface area contributed by atoms with Crippen LogP contribution in [-0.2, 0) is 6.42 Å². The second-order valence-electron chi connectivity index (χ2n) is 2.74. The quantitative estimate of drug-likeness (QED) is 0.823. The number of nitrogens with one attached hydrogen (secondary N) is 1. The van der Waals surface area contributed by atoms with Crippen LogP contribution in [0.25, 0.3) is 0 Å². The summed E-state index contributed by atoms with van der Waals surface area (Å²) in [7, 11) is 0. The summed E-state index contributed by atoms with van der Waals surface area (Å²) < 4.78 is 12.9. The summed E-state index contributed by atoms with van der Waals surface area (Å²) in [5, 5.41) is 13.7. The molecule has 0 radical (unpaired) electrons. The number of tetrazole rings is 1. The summed E-state index contributed by atoms with van der Waals surface area (Å²) in [4.78, 5) is 0. The molecule has 1 aromatic heterocycles. The number of nitrogens with zero attached hydrogens (tertiary/aromatic N) is 3. The van der Waals surface area contributed by atoms with Crippen molar-refractivity contribution in [3.8, 4) is 0 Å². The summed E-state index contributed by atoms with van der Waals surface area (Å²) >= 11 is 5.86. The number of benzene rings is 1. The number of hydrogen-bond acceptors (Lipinski definition) is 3. The summed E-state index contributed by atoms with van der Waals surface area (Å²) in [5.74, 6) is 0.158. The van der Waals surface area contributed by atoms with Gasteiger partial charge in [-0.1, -0.05) is 16.8 Å². The molecule has 0 aliphatic rings. The van der Waals surface area contributed by atoms with E-state index in [0.717, 1.165) is 0 Å². The van der Waals surface area contributed by atoms with Crippen LogP contribution < -0.4 is 0 Å². The molecule has 0 aliphatic carbocycles. The van der Waals surface area contributed by atoms with E-state index in [0.29, 0.717) is 22.8 Å². The highest BCUT2D eigenvalue weighted by atomic mass is 35.5. The first kappa shape index (κ1) is 9.08. The average Bonchev–Trinajstić information content (AvgIpc) is 2.64. The van der Waals surface area contributed by atoms with Gasteiger partial charge in [0.2, 0.25) is 0 Å². The topological polar surface area (TPSA) is 54.5 Å². The monoisotopic (exact) mass is 212 g/mol. The van der Waals surface area contributed by atoms with Crippen LogP contribution in [-0.4, -0.2) is 20.6 Å². The van der Waals surface area contributed by atoms with E-state index in [1.54, 1.807) is 0 Å². The van der Waals surface area contributed by atoms with Crippen molar-refractivity contribution >= 4 is 11.6 Å². The lowest BCUT2D eigenvalue weighted by molar-refractivity contribution is 0.626. The molecule has 0 atom stereocenters. The molecule has 4 nitrogen and oxygen atoms in total. The summed E-state index contributed by atoms with van der Waals surface area (Å²) in [6, 6.07) is 4.17. The summed E-state index contributed by atoms with van der Waals surface area (Å²) in [5.41, 5.74) is 0.646. The molecule has 2 rings (SSSR count). The third kappa shape index (κ3) is 1.88. The van der Waals surface area contributed by atoms with Crippen molar-refractivity contribution in [3.05, 3.63) is 40.4 Å². The van der Waals surface area contributed by atoms with Gasteiger partial charge >= 0.3 is 0 Å². The molecule has 0 bridgehead atoms. The van der Waals surface area contributed by atoms with Crippen LogP contribution >= 0.6 is 11.6 Å². The molecule has 6 heteroatoms. The van der Waals surface area contributed by atoms with Crippen molar-refractivity contribution in [1.82, 2.24) is 20.6 Å². The molecule has 0 saturated heterocycles. The van der Waals surface area contributed by atoms with Crippen LogP contribution in [0, 0.1) is 5.82 Å². The molecule has 0 fully saturated rings. The van der Waals surface area contributed by atoms with Crippen LogP contribution in [0.3, 0.4) is 0 Å². The Morgan fingerprint density at radius 1 is 1.43 bits per heavy atom. The Morgan fingerprint density at radius 2 is 2.29 bits per heavy atom. The van der Waals surface area contributed by atoms with Crippen molar-refractivity contribution in [2.75, 3.05) is 0 Å². The maximum absolute atomic E-state index is 12.9. The van der Waals surface area contributed by atoms with Crippen LogP contribution in [0.2, 0.25) is 5.02 Å². The minimum Gasteiger partial charge on any atom is -0.207 e. The Bertz CT molecular complexity index is 429. The predicted molar refractivity (Wildman–Crippen MR) is 48.4 cm³/mol. The number of aromatic nitrogens is 4. The Morgan fingerprint density at radius 3 is 3.00 bits per heavy atom. The Labute approximate surface area is 84.1 Å². The lowest BCUT2D eigenvalue weighted by Crippen LogP contribution is -1.93. The van der Waals surface area contributed by atoms with Crippen LogP contribution in [0.5, 0.6) is 0 Å². The van der Waals surface area contributed by atoms with Gasteiger partial charge in [-0.25, -0.2) is 4.39 Å². The molecule has 0 saturated carbocycles. The highest BCUT2D eigenvalue weighted by Gasteiger charge is 2.06. The van der Waals surface area contributed by atoms with Gasteiger partial charge < -0.3 is 0 Å². The zero-order chi connectivity index (χ0) is 9.97. The van der Waals surface area contributed by atoms with E-state index in [1.807, 2.05) is 0 Å². The second kappa shape index (κ2) is 3.71. The van der Waals surface area contributed by atoms with E-state index in [1.165, 1.54) is 18.2 Å². The van der Waals surface area contributed by atoms with Crippen molar-refractivity contribution in [2.45, 2.75) is 6.42 Å². The van der Waals surface area contributed by atoms with Crippen molar-refractivity contribution in [1.29, 1.82) is 0 Å². The number of rotatable bonds is 2. The molecule has 1 N–H and O–H groups in total. The zero-order valence-corrected chi connectivity index (χ0v) is 7.79. The van der Waals surface area contributed by atoms with E-state index >= 15 is 0 Å². The van der Waals surface area contributed by atoms with Crippen LogP contribution in [0.1, 0.15) is 11.4 Å². The minimum absolute atomic E-state index is 0.326. The van der Waals surface area contributed by atoms with Gasteiger partial charge in [-0.3, -0.25) is 0 Å². The Kier molecular flexibility index (Phi) is 2.41. The van der Waals surface area contributed by atoms with Gasteiger partial charge in [0.15, 0.2) is 5.82 Å². The van der Waals surface area contributed by atoms with E-state index in [2.05, 4.69) is 20.6 Å². The third-order valence-electron chi connectivity index (χ3n) is 1.75. The van der Waals surface area contributed by atoms with Gasteiger partial charge in [0, 0.05) is 11.4 Å².